The van der Waals surface area contributed by atoms with Crippen molar-refractivity contribution >= 4 is 17.7 Å². The van der Waals surface area contributed by atoms with Gasteiger partial charge in [-0.05, 0) is 51.0 Å². The van der Waals surface area contributed by atoms with Crippen molar-refractivity contribution in [1.82, 2.24) is 15.3 Å². The Hall–Kier alpha value is -3.61. The molecule has 1 unspecified atom stereocenters. The minimum absolute atomic E-state index is 0.252. The molecule has 2 amide bonds. The summed E-state index contributed by atoms with van der Waals surface area (Å²) in [6, 6.07) is 16.3. The lowest BCUT2D eigenvalue weighted by molar-refractivity contribution is 0.0635. The highest BCUT2D eigenvalue weighted by atomic mass is 16.6. The fourth-order valence-corrected chi connectivity index (χ4v) is 3.04. The number of hydrogen-bond acceptors (Lipinski definition) is 4. The summed E-state index contributed by atoms with van der Waals surface area (Å²) in [4.78, 5) is 32.6. The molecule has 0 saturated carbocycles. The molecule has 1 atom stereocenters. The van der Waals surface area contributed by atoms with Gasteiger partial charge in [0.25, 0.3) is 5.91 Å². The van der Waals surface area contributed by atoms with Gasteiger partial charge in [0, 0.05) is 11.3 Å². The topological polar surface area (TPSA) is 96.1 Å². The number of carbonyl (C=O) groups excluding carboxylic acids is 2. The van der Waals surface area contributed by atoms with Gasteiger partial charge in [-0.1, -0.05) is 43.3 Å². The quantitative estimate of drug-likeness (QED) is 0.504. The van der Waals surface area contributed by atoms with Gasteiger partial charge in [0.15, 0.2) is 0 Å². The Kier molecular flexibility index (Phi) is 6.74. The maximum Gasteiger partial charge on any atom is 0.412 e. The zero-order valence-corrected chi connectivity index (χ0v) is 18.2. The van der Waals surface area contributed by atoms with Crippen LogP contribution in [0, 0.1) is 0 Å². The molecule has 0 radical (unpaired) electrons. The summed E-state index contributed by atoms with van der Waals surface area (Å²) in [6.45, 7) is 7.35. The van der Waals surface area contributed by atoms with Crippen molar-refractivity contribution in [3.05, 3.63) is 72.2 Å². The van der Waals surface area contributed by atoms with Crippen molar-refractivity contribution in [3.63, 3.8) is 0 Å². The number of H-pyrrole nitrogens is 1. The first-order chi connectivity index (χ1) is 14.7. The number of aromatic nitrogens is 2. The van der Waals surface area contributed by atoms with E-state index >= 15 is 0 Å². The van der Waals surface area contributed by atoms with E-state index in [9.17, 15) is 9.59 Å². The minimum Gasteiger partial charge on any atom is -0.444 e. The number of rotatable bonds is 6. The van der Waals surface area contributed by atoms with Gasteiger partial charge in [-0.3, -0.25) is 10.1 Å². The number of amides is 2. The molecule has 0 bridgehead atoms. The second kappa shape index (κ2) is 9.47. The van der Waals surface area contributed by atoms with Crippen LogP contribution in [-0.2, 0) is 4.74 Å². The number of imidazole rings is 1. The Bertz CT molecular complexity index is 1040. The lowest BCUT2D eigenvalue weighted by Gasteiger charge is -2.20. The van der Waals surface area contributed by atoms with Crippen molar-refractivity contribution in [2.24, 2.45) is 0 Å². The summed E-state index contributed by atoms with van der Waals surface area (Å²) in [5.41, 5.74) is 2.24. The van der Waals surface area contributed by atoms with E-state index in [1.807, 2.05) is 37.3 Å². The van der Waals surface area contributed by atoms with Crippen LogP contribution in [0.4, 0.5) is 10.5 Å². The second-order valence-electron chi connectivity index (χ2n) is 8.19. The Balaban J connectivity index is 1.69. The molecule has 3 rings (SSSR count). The number of anilines is 1. The molecule has 0 saturated heterocycles. The van der Waals surface area contributed by atoms with Crippen LogP contribution in [0.2, 0.25) is 0 Å². The number of benzene rings is 2. The SMILES string of the molecule is CCC(NC(=O)c1cccc(NC(=O)OC(C)(C)C)c1)c1ncc(-c2ccccc2)[nH]1. The van der Waals surface area contributed by atoms with Crippen molar-refractivity contribution in [2.75, 3.05) is 5.32 Å². The third-order valence-electron chi connectivity index (χ3n) is 4.49. The van der Waals surface area contributed by atoms with Crippen LogP contribution in [0.25, 0.3) is 11.3 Å². The number of nitrogens with one attached hydrogen (secondary N) is 3. The summed E-state index contributed by atoms with van der Waals surface area (Å²) < 4.78 is 5.26. The maximum atomic E-state index is 12.8. The average Bonchev–Trinajstić information content (AvgIpc) is 3.21. The molecule has 1 aromatic heterocycles. The van der Waals surface area contributed by atoms with E-state index in [0.717, 1.165) is 11.3 Å². The highest BCUT2D eigenvalue weighted by Gasteiger charge is 2.19. The van der Waals surface area contributed by atoms with Gasteiger partial charge < -0.3 is 15.0 Å². The maximum absolute atomic E-state index is 12.8. The normalized spacial score (nSPS) is 12.1. The summed E-state index contributed by atoms with van der Waals surface area (Å²) in [6.07, 6.45) is 1.87. The van der Waals surface area contributed by atoms with Gasteiger partial charge in [-0.15, -0.1) is 0 Å². The number of hydrogen-bond donors (Lipinski definition) is 3. The van der Waals surface area contributed by atoms with E-state index in [1.165, 1.54) is 0 Å². The van der Waals surface area contributed by atoms with E-state index in [2.05, 4.69) is 20.6 Å². The molecule has 3 aromatic rings. The van der Waals surface area contributed by atoms with Gasteiger partial charge in [0.05, 0.1) is 17.9 Å². The molecule has 0 aliphatic rings. The van der Waals surface area contributed by atoms with Crippen LogP contribution in [0.1, 0.15) is 56.3 Å². The first-order valence-corrected chi connectivity index (χ1v) is 10.3. The zero-order valence-electron chi connectivity index (χ0n) is 18.2. The molecule has 3 N–H and O–H groups in total. The second-order valence-corrected chi connectivity index (χ2v) is 8.19. The van der Waals surface area contributed by atoms with Gasteiger partial charge in [-0.25, -0.2) is 9.78 Å². The number of ether oxygens (including phenoxy) is 1. The van der Waals surface area contributed by atoms with Crippen LogP contribution in [-0.4, -0.2) is 27.6 Å². The molecular formula is C24H28N4O3. The standard InChI is InChI=1S/C24H28N4O3/c1-5-19(21-25-15-20(27-21)16-10-7-6-8-11-16)28-22(29)17-12-9-13-18(14-17)26-23(30)31-24(2,3)4/h6-15,19H,5H2,1-4H3,(H,25,27)(H,26,30)(H,28,29). The Morgan fingerprint density at radius 2 is 1.84 bits per heavy atom. The molecule has 7 nitrogen and oxygen atoms in total. The predicted molar refractivity (Wildman–Crippen MR) is 121 cm³/mol. The largest absolute Gasteiger partial charge is 0.444 e. The van der Waals surface area contributed by atoms with Crippen LogP contribution >= 0.6 is 0 Å². The van der Waals surface area contributed by atoms with Crippen LogP contribution < -0.4 is 10.6 Å². The molecule has 0 spiro atoms. The molecule has 31 heavy (non-hydrogen) atoms. The number of aromatic amines is 1. The third kappa shape index (κ3) is 6.18. The fraction of sp³-hybridized carbons (Fsp3) is 0.292. The third-order valence-corrected chi connectivity index (χ3v) is 4.49. The van der Waals surface area contributed by atoms with Crippen molar-refractivity contribution in [3.8, 4) is 11.3 Å². The molecule has 0 aliphatic heterocycles. The van der Waals surface area contributed by atoms with Gasteiger partial charge in [0.1, 0.15) is 11.4 Å². The lowest BCUT2D eigenvalue weighted by Crippen LogP contribution is -2.29. The fourth-order valence-electron chi connectivity index (χ4n) is 3.04. The zero-order chi connectivity index (χ0) is 22.4. The van der Waals surface area contributed by atoms with Crippen molar-refractivity contribution in [1.29, 1.82) is 0 Å². The van der Waals surface area contributed by atoms with Crippen LogP contribution in [0.3, 0.4) is 0 Å². The molecule has 1 heterocycles. The van der Waals surface area contributed by atoms with Gasteiger partial charge >= 0.3 is 6.09 Å². The molecular weight excluding hydrogens is 392 g/mol. The highest BCUT2D eigenvalue weighted by Crippen LogP contribution is 2.21. The van der Waals surface area contributed by atoms with Crippen molar-refractivity contribution in [2.45, 2.75) is 45.8 Å². The Labute approximate surface area is 182 Å². The first kappa shape index (κ1) is 22.1. The first-order valence-electron chi connectivity index (χ1n) is 10.3. The average molecular weight is 421 g/mol. The van der Waals surface area contributed by atoms with E-state index in [1.54, 1.807) is 51.2 Å². The molecule has 0 aliphatic carbocycles. The van der Waals surface area contributed by atoms with E-state index in [-0.39, 0.29) is 11.9 Å². The smallest absolute Gasteiger partial charge is 0.412 e. The predicted octanol–water partition coefficient (Wildman–Crippen LogP) is 5.30. The number of carbonyl (C=O) groups is 2. The summed E-state index contributed by atoms with van der Waals surface area (Å²) in [5.74, 6) is 0.440. The lowest BCUT2D eigenvalue weighted by atomic mass is 10.1. The van der Waals surface area contributed by atoms with Gasteiger partial charge in [0.2, 0.25) is 0 Å². The van der Waals surface area contributed by atoms with E-state index in [4.69, 9.17) is 4.74 Å². The van der Waals surface area contributed by atoms with Crippen molar-refractivity contribution < 1.29 is 14.3 Å². The van der Waals surface area contributed by atoms with Crippen LogP contribution in [0.15, 0.2) is 60.8 Å². The number of nitrogens with zero attached hydrogens (tertiary/aromatic N) is 1. The molecule has 0 fully saturated rings. The molecule has 2 aromatic carbocycles. The summed E-state index contributed by atoms with van der Waals surface area (Å²) in [5, 5.41) is 5.66. The minimum atomic E-state index is -0.602. The summed E-state index contributed by atoms with van der Waals surface area (Å²) in [7, 11) is 0. The van der Waals surface area contributed by atoms with Crippen LogP contribution in [0.5, 0.6) is 0 Å². The molecule has 7 heteroatoms. The Morgan fingerprint density at radius 3 is 2.52 bits per heavy atom. The molecule has 162 valence electrons. The summed E-state index contributed by atoms with van der Waals surface area (Å²) >= 11 is 0. The van der Waals surface area contributed by atoms with E-state index in [0.29, 0.717) is 23.5 Å². The van der Waals surface area contributed by atoms with E-state index < -0.39 is 11.7 Å². The highest BCUT2D eigenvalue weighted by molar-refractivity contribution is 5.96. The van der Waals surface area contributed by atoms with Gasteiger partial charge in [-0.2, -0.15) is 0 Å². The Morgan fingerprint density at radius 1 is 1.10 bits per heavy atom. The monoisotopic (exact) mass is 420 g/mol.